The Morgan fingerprint density at radius 3 is 2.39 bits per heavy atom. The average Bonchev–Trinajstić information content (AvgIpc) is 3.25. The molecule has 1 spiro atoms. The maximum absolute atomic E-state index is 13.7. The van der Waals surface area contributed by atoms with Gasteiger partial charge in [-0.1, -0.05) is 15.9 Å². The number of ether oxygens (including phenoxy) is 1. The van der Waals surface area contributed by atoms with Crippen molar-refractivity contribution in [3.63, 3.8) is 0 Å². The van der Waals surface area contributed by atoms with Crippen LogP contribution in [0.25, 0.3) is 0 Å². The summed E-state index contributed by atoms with van der Waals surface area (Å²) in [7, 11) is -4.14. The molecule has 2 saturated heterocycles. The zero-order valence-electron chi connectivity index (χ0n) is 20.5. The van der Waals surface area contributed by atoms with Gasteiger partial charge in [0.2, 0.25) is 0 Å². The number of benzene rings is 1. The summed E-state index contributed by atoms with van der Waals surface area (Å²) in [6.45, 7) is 7.49. The molecule has 2 fully saturated rings. The van der Waals surface area contributed by atoms with E-state index in [4.69, 9.17) is 8.92 Å². The molecule has 0 bridgehead atoms. The molecule has 0 N–H and O–H groups in total. The molecule has 3 atom stereocenters. The highest BCUT2D eigenvalue weighted by Gasteiger charge is 2.63. The summed E-state index contributed by atoms with van der Waals surface area (Å²) in [6, 6.07) is 6.82. The van der Waals surface area contributed by atoms with E-state index in [2.05, 4.69) is 25.9 Å². The molecular weight excluding hydrogens is 552 g/mol. The second kappa shape index (κ2) is 9.71. The number of rotatable bonds is 6. The molecule has 1 aromatic heterocycles. The lowest BCUT2D eigenvalue weighted by Crippen LogP contribution is -2.74. The van der Waals surface area contributed by atoms with E-state index in [1.165, 1.54) is 34.3 Å². The number of aromatic nitrogens is 2. The zero-order valence-corrected chi connectivity index (χ0v) is 23.0. The summed E-state index contributed by atoms with van der Waals surface area (Å²) < 4.78 is 37.8. The number of amides is 2. The molecular formula is C24H29BrN4O6S. The van der Waals surface area contributed by atoms with Crippen molar-refractivity contribution in [1.82, 2.24) is 19.8 Å². The number of hydrogen-bond acceptors (Lipinski definition) is 8. The smallest absolute Gasteiger partial charge is 0.411 e. The first kappa shape index (κ1) is 26.5. The second-order valence-corrected chi connectivity index (χ2v) is 12.4. The number of halogens is 1. The lowest BCUT2D eigenvalue weighted by Gasteiger charge is -2.53. The monoisotopic (exact) mass is 580 g/mol. The average molecular weight is 581 g/mol. The third-order valence-electron chi connectivity index (χ3n) is 6.20. The molecule has 2 amide bonds. The number of carbonyl (C=O) groups is 2. The summed E-state index contributed by atoms with van der Waals surface area (Å²) in [5.41, 5.74) is -1.73. The zero-order chi connectivity index (χ0) is 26.3. The van der Waals surface area contributed by atoms with Crippen molar-refractivity contribution in [2.45, 2.75) is 68.7 Å². The number of likely N-dealkylation sites (tertiary alicyclic amines) is 2. The fourth-order valence-corrected chi connectivity index (χ4v) is 6.00. The van der Waals surface area contributed by atoms with Crippen molar-refractivity contribution in [3.8, 4) is 0 Å². The van der Waals surface area contributed by atoms with Crippen LogP contribution >= 0.6 is 15.9 Å². The summed E-state index contributed by atoms with van der Waals surface area (Å²) in [4.78, 5) is 38.1. The van der Waals surface area contributed by atoms with E-state index in [9.17, 15) is 18.0 Å². The highest BCUT2D eigenvalue weighted by atomic mass is 79.9. The van der Waals surface area contributed by atoms with Gasteiger partial charge in [-0.3, -0.25) is 13.9 Å². The van der Waals surface area contributed by atoms with Crippen LogP contribution in [0.4, 0.5) is 4.79 Å². The van der Waals surface area contributed by atoms with Crippen LogP contribution in [0.2, 0.25) is 0 Å². The van der Waals surface area contributed by atoms with Gasteiger partial charge in [-0.05, 0) is 70.9 Å². The summed E-state index contributed by atoms with van der Waals surface area (Å²) >= 11 is 3.29. The predicted octanol–water partition coefficient (Wildman–Crippen LogP) is 3.69. The van der Waals surface area contributed by atoms with Crippen LogP contribution in [-0.2, 0) is 23.8 Å². The molecule has 3 unspecified atom stereocenters. The molecule has 36 heavy (non-hydrogen) atoms. The first-order chi connectivity index (χ1) is 16.8. The second-order valence-electron chi connectivity index (χ2n) is 9.96. The Morgan fingerprint density at radius 2 is 1.81 bits per heavy atom. The molecule has 10 nitrogen and oxygen atoms in total. The Bertz CT molecular complexity index is 1240. The number of hydrogen-bond donors (Lipinski definition) is 0. The minimum absolute atomic E-state index is 0.0106. The van der Waals surface area contributed by atoms with Crippen LogP contribution in [0.5, 0.6) is 0 Å². The highest BCUT2D eigenvalue weighted by Crippen LogP contribution is 2.44. The Labute approximate surface area is 219 Å². The normalized spacial score (nSPS) is 21.9. The molecule has 3 heterocycles. The van der Waals surface area contributed by atoms with Gasteiger partial charge in [-0.2, -0.15) is 8.42 Å². The van der Waals surface area contributed by atoms with Gasteiger partial charge in [-0.25, -0.2) is 14.8 Å². The molecule has 0 saturated carbocycles. The predicted molar refractivity (Wildman–Crippen MR) is 133 cm³/mol. The van der Waals surface area contributed by atoms with Crippen LogP contribution in [0, 0.1) is 0 Å². The van der Waals surface area contributed by atoms with Gasteiger partial charge in [-0.15, -0.1) is 0 Å². The van der Waals surface area contributed by atoms with Crippen molar-refractivity contribution < 1.29 is 26.9 Å². The SMILES string of the molecule is CC(OS(=O)(=O)c1ccc(Br)cc1)C(c1ncccn1)N1CC2(CCCN2C(=O)OC(C)(C)C)C1=O. The molecule has 194 valence electrons. The lowest BCUT2D eigenvalue weighted by molar-refractivity contribution is -0.168. The quantitative estimate of drug-likeness (QED) is 0.375. The largest absolute Gasteiger partial charge is 0.444 e. The van der Waals surface area contributed by atoms with Gasteiger partial charge in [0, 0.05) is 23.4 Å². The van der Waals surface area contributed by atoms with E-state index in [1.807, 2.05) is 0 Å². The molecule has 0 radical (unpaired) electrons. The first-order valence-corrected chi connectivity index (χ1v) is 13.8. The van der Waals surface area contributed by atoms with Gasteiger partial charge >= 0.3 is 6.09 Å². The Hall–Kier alpha value is -2.57. The number of nitrogens with zero attached hydrogens (tertiary/aromatic N) is 4. The third-order valence-corrected chi connectivity index (χ3v) is 8.14. The summed E-state index contributed by atoms with van der Waals surface area (Å²) in [5.74, 6) is -0.0548. The summed E-state index contributed by atoms with van der Waals surface area (Å²) in [5, 5.41) is 0. The van der Waals surface area contributed by atoms with Crippen LogP contribution in [0.3, 0.4) is 0 Å². The Kier molecular flexibility index (Phi) is 7.15. The van der Waals surface area contributed by atoms with Crippen LogP contribution < -0.4 is 0 Å². The van der Waals surface area contributed by atoms with Crippen LogP contribution in [0.15, 0.2) is 52.1 Å². The van der Waals surface area contributed by atoms with E-state index >= 15 is 0 Å². The maximum atomic E-state index is 13.7. The Balaban J connectivity index is 1.59. The number of carbonyl (C=O) groups excluding carboxylic acids is 2. The fraction of sp³-hybridized carbons (Fsp3) is 0.500. The Morgan fingerprint density at radius 1 is 1.17 bits per heavy atom. The first-order valence-electron chi connectivity index (χ1n) is 11.6. The lowest BCUT2D eigenvalue weighted by atomic mass is 9.83. The van der Waals surface area contributed by atoms with Crippen molar-refractivity contribution >= 4 is 38.0 Å². The fourth-order valence-electron chi connectivity index (χ4n) is 4.65. The van der Waals surface area contributed by atoms with Crippen molar-refractivity contribution in [3.05, 3.63) is 53.0 Å². The van der Waals surface area contributed by atoms with E-state index in [1.54, 1.807) is 45.9 Å². The van der Waals surface area contributed by atoms with Gasteiger partial charge in [0.25, 0.3) is 16.0 Å². The third kappa shape index (κ3) is 5.12. The minimum Gasteiger partial charge on any atom is -0.444 e. The maximum Gasteiger partial charge on any atom is 0.411 e. The molecule has 1 aromatic carbocycles. The summed E-state index contributed by atoms with van der Waals surface area (Å²) in [6.07, 6.45) is 2.66. The number of β-lactam (4-membered cyclic amide) rings is 1. The molecule has 4 rings (SSSR count). The molecule has 0 aliphatic carbocycles. The van der Waals surface area contributed by atoms with Crippen molar-refractivity contribution in [2.24, 2.45) is 0 Å². The molecule has 12 heteroatoms. The molecule has 2 aliphatic heterocycles. The van der Waals surface area contributed by atoms with Crippen LogP contribution in [0.1, 0.15) is 52.4 Å². The van der Waals surface area contributed by atoms with Gasteiger partial charge in [0.1, 0.15) is 23.3 Å². The molecule has 2 aliphatic rings. The van der Waals surface area contributed by atoms with Gasteiger partial charge in [0.15, 0.2) is 5.82 Å². The standard InChI is InChI=1S/C24H29BrN4O6S/c1-16(35-36(32,33)18-9-7-17(25)8-10-18)19(20-26-12-6-13-27-20)28-15-24(21(28)30)11-5-14-29(24)22(31)34-23(2,3)4/h6-10,12-13,16,19H,5,11,14-15H2,1-4H3. The van der Waals surface area contributed by atoms with Gasteiger partial charge in [0.05, 0.1) is 11.4 Å². The van der Waals surface area contributed by atoms with Gasteiger partial charge < -0.3 is 9.64 Å². The molecule has 2 aromatic rings. The topological polar surface area (TPSA) is 119 Å². The van der Waals surface area contributed by atoms with E-state index in [-0.39, 0.29) is 23.2 Å². The van der Waals surface area contributed by atoms with Crippen molar-refractivity contribution in [2.75, 3.05) is 13.1 Å². The highest BCUT2D eigenvalue weighted by molar-refractivity contribution is 9.10. The minimum atomic E-state index is -4.14. The van der Waals surface area contributed by atoms with E-state index in [0.29, 0.717) is 19.4 Å². The van der Waals surface area contributed by atoms with Crippen molar-refractivity contribution in [1.29, 1.82) is 0 Å². The van der Waals surface area contributed by atoms with E-state index < -0.39 is 39.5 Å². The van der Waals surface area contributed by atoms with E-state index in [0.717, 1.165) is 4.47 Å². The van der Waals surface area contributed by atoms with Crippen LogP contribution in [-0.4, -0.2) is 70.5 Å².